The van der Waals surface area contributed by atoms with Crippen LogP contribution < -0.4 is 14.8 Å². The highest BCUT2D eigenvalue weighted by atomic mass is 32.1. The lowest BCUT2D eigenvalue weighted by Crippen LogP contribution is -2.33. The van der Waals surface area contributed by atoms with Crippen LogP contribution in [0, 0.1) is 30.6 Å². The Morgan fingerprint density at radius 1 is 1.10 bits per heavy atom. The van der Waals surface area contributed by atoms with Crippen molar-refractivity contribution in [1.82, 2.24) is 4.57 Å². The van der Waals surface area contributed by atoms with Gasteiger partial charge in [-0.1, -0.05) is 68.8 Å². The number of Topliss-reactive ketones (excluding diaryl/α,β-unsaturated/α-hetero) is 1. The van der Waals surface area contributed by atoms with Crippen LogP contribution in [0.15, 0.2) is 53.3 Å². The van der Waals surface area contributed by atoms with Crippen molar-refractivity contribution in [3.05, 3.63) is 84.8 Å². The van der Waals surface area contributed by atoms with Crippen molar-refractivity contribution in [2.75, 3.05) is 0 Å². The highest BCUT2D eigenvalue weighted by Crippen LogP contribution is 2.20. The molecule has 0 amide bonds. The number of carbonyl (C=O) groups excluding carboxylic acids is 1. The number of carbonyl (C=O) groups is 1. The van der Waals surface area contributed by atoms with Gasteiger partial charge in [-0.25, -0.2) is 0 Å². The number of rotatable bonds is 3. The van der Waals surface area contributed by atoms with Crippen LogP contribution in [-0.2, 0) is 4.79 Å². The standard InChI is InChI=1S/C25H24N2O2S/c1-16-9-8-11-18(13-16)14-21-23(29)27(20-12-7-6-10-17(20)2)24(30-21)19(15-26)22(28)25(3,4)5/h6-14H,1-5H3/b21-14-,24-19-. The SMILES string of the molecule is Cc1cccc(/C=c2\s/c(=C(/C#N)C(=O)C(C)(C)C)n(-c3ccccc3C)c2=O)c1. The van der Waals surface area contributed by atoms with Gasteiger partial charge in [0.05, 0.1) is 10.2 Å². The molecule has 0 atom stereocenters. The number of nitriles is 1. The number of benzene rings is 2. The molecule has 5 heteroatoms. The number of aryl methyl sites for hydroxylation is 2. The van der Waals surface area contributed by atoms with E-state index in [1.165, 1.54) is 15.9 Å². The van der Waals surface area contributed by atoms with Gasteiger partial charge in [0.2, 0.25) is 0 Å². The first-order valence-corrected chi connectivity index (χ1v) is 10.5. The van der Waals surface area contributed by atoms with Crippen molar-refractivity contribution < 1.29 is 4.79 Å². The van der Waals surface area contributed by atoms with Gasteiger partial charge in [-0.3, -0.25) is 14.2 Å². The second kappa shape index (κ2) is 8.25. The van der Waals surface area contributed by atoms with E-state index in [0.717, 1.165) is 16.7 Å². The van der Waals surface area contributed by atoms with E-state index < -0.39 is 5.41 Å². The number of para-hydroxylation sites is 1. The molecule has 1 aromatic heterocycles. The lowest BCUT2D eigenvalue weighted by Gasteiger charge is -2.15. The molecule has 0 N–H and O–H groups in total. The van der Waals surface area contributed by atoms with E-state index in [9.17, 15) is 14.9 Å². The number of hydrogen-bond acceptors (Lipinski definition) is 4. The molecule has 0 fully saturated rings. The number of hydrogen-bond donors (Lipinski definition) is 0. The lowest BCUT2D eigenvalue weighted by atomic mass is 9.87. The topological polar surface area (TPSA) is 62.9 Å². The highest BCUT2D eigenvalue weighted by molar-refractivity contribution is 7.07. The molecule has 0 aliphatic carbocycles. The van der Waals surface area contributed by atoms with Crippen LogP contribution in [-0.4, -0.2) is 10.4 Å². The van der Waals surface area contributed by atoms with Crippen molar-refractivity contribution in [3.63, 3.8) is 0 Å². The Morgan fingerprint density at radius 3 is 2.40 bits per heavy atom. The maximum absolute atomic E-state index is 13.4. The summed E-state index contributed by atoms with van der Waals surface area (Å²) in [6, 6.07) is 17.4. The third-order valence-corrected chi connectivity index (χ3v) is 5.85. The molecule has 0 saturated carbocycles. The van der Waals surface area contributed by atoms with E-state index in [0.29, 0.717) is 14.9 Å². The summed E-state index contributed by atoms with van der Waals surface area (Å²) in [5.41, 5.74) is 2.59. The summed E-state index contributed by atoms with van der Waals surface area (Å²) < 4.78 is 2.35. The van der Waals surface area contributed by atoms with E-state index in [4.69, 9.17) is 0 Å². The third-order valence-electron chi connectivity index (χ3n) is 4.75. The number of nitrogens with zero attached hydrogens (tertiary/aromatic N) is 2. The van der Waals surface area contributed by atoms with Crippen molar-refractivity contribution >= 4 is 28.8 Å². The molecule has 0 radical (unpaired) electrons. The van der Waals surface area contributed by atoms with Gasteiger partial charge in [-0.15, -0.1) is 11.3 Å². The fourth-order valence-electron chi connectivity index (χ4n) is 3.17. The summed E-state index contributed by atoms with van der Waals surface area (Å²) in [4.78, 5) is 26.4. The zero-order valence-electron chi connectivity index (χ0n) is 17.8. The van der Waals surface area contributed by atoms with Crippen LogP contribution >= 0.6 is 11.3 Å². The van der Waals surface area contributed by atoms with Gasteiger partial charge in [0.25, 0.3) is 5.56 Å². The Labute approximate surface area is 180 Å². The first kappa shape index (κ1) is 21.5. The smallest absolute Gasteiger partial charge is 0.273 e. The van der Waals surface area contributed by atoms with E-state index in [1.807, 2.05) is 68.5 Å². The molecule has 152 valence electrons. The monoisotopic (exact) mass is 416 g/mol. The average Bonchev–Trinajstić information content (AvgIpc) is 2.98. The first-order valence-electron chi connectivity index (χ1n) is 9.69. The summed E-state index contributed by atoms with van der Waals surface area (Å²) in [7, 11) is 0. The van der Waals surface area contributed by atoms with Crippen molar-refractivity contribution in [3.8, 4) is 11.8 Å². The first-order chi connectivity index (χ1) is 14.1. The minimum absolute atomic E-state index is 0.0109. The molecule has 3 rings (SSSR count). The summed E-state index contributed by atoms with van der Waals surface area (Å²) >= 11 is 1.18. The van der Waals surface area contributed by atoms with Crippen LogP contribution in [0.5, 0.6) is 0 Å². The second-order valence-electron chi connectivity index (χ2n) is 8.32. The second-order valence-corrected chi connectivity index (χ2v) is 9.35. The van der Waals surface area contributed by atoms with Gasteiger partial charge in [-0.05, 0) is 37.1 Å². The van der Waals surface area contributed by atoms with Crippen LogP contribution in [0.4, 0.5) is 0 Å². The molecule has 0 aliphatic heterocycles. The number of aromatic nitrogens is 1. The lowest BCUT2D eigenvalue weighted by molar-refractivity contribution is -0.120. The largest absolute Gasteiger partial charge is 0.293 e. The van der Waals surface area contributed by atoms with Crippen LogP contribution in [0.1, 0.15) is 37.5 Å². The molecule has 3 aromatic rings. The van der Waals surface area contributed by atoms with E-state index in [-0.39, 0.29) is 16.9 Å². The van der Waals surface area contributed by atoms with Crippen molar-refractivity contribution in [1.29, 1.82) is 5.26 Å². The summed E-state index contributed by atoms with van der Waals surface area (Å²) in [6.07, 6.45) is 1.81. The van der Waals surface area contributed by atoms with Gasteiger partial charge in [0.1, 0.15) is 16.3 Å². The average molecular weight is 417 g/mol. The fraction of sp³-hybridized carbons (Fsp3) is 0.240. The third kappa shape index (κ3) is 4.19. The Morgan fingerprint density at radius 2 is 1.80 bits per heavy atom. The summed E-state index contributed by atoms with van der Waals surface area (Å²) in [5.74, 6) is -0.282. The van der Waals surface area contributed by atoms with Gasteiger partial charge >= 0.3 is 0 Å². The Hall–Kier alpha value is -3.23. The van der Waals surface area contributed by atoms with Crippen LogP contribution in [0.2, 0.25) is 0 Å². The summed E-state index contributed by atoms with van der Waals surface area (Å²) in [5, 5.41) is 9.85. The van der Waals surface area contributed by atoms with E-state index >= 15 is 0 Å². The number of thiazole rings is 1. The predicted octanol–water partition coefficient (Wildman–Crippen LogP) is 3.63. The fourth-order valence-corrected chi connectivity index (χ4v) is 4.26. The van der Waals surface area contributed by atoms with Gasteiger partial charge in [-0.2, -0.15) is 5.26 Å². The van der Waals surface area contributed by atoms with Gasteiger partial charge in [0.15, 0.2) is 5.78 Å². The predicted molar refractivity (Wildman–Crippen MR) is 122 cm³/mol. The molecule has 0 spiro atoms. The molecule has 2 aromatic carbocycles. The Balaban J connectivity index is 2.47. The molecule has 0 unspecified atom stereocenters. The minimum Gasteiger partial charge on any atom is -0.293 e. The van der Waals surface area contributed by atoms with Gasteiger partial charge < -0.3 is 0 Å². The molecular formula is C25H24N2O2S. The minimum atomic E-state index is -0.734. The van der Waals surface area contributed by atoms with Crippen LogP contribution in [0.25, 0.3) is 17.3 Å². The quantitative estimate of drug-likeness (QED) is 0.655. The molecule has 1 heterocycles. The van der Waals surface area contributed by atoms with E-state index in [2.05, 4.69) is 6.07 Å². The maximum atomic E-state index is 13.4. The zero-order valence-corrected chi connectivity index (χ0v) is 18.6. The maximum Gasteiger partial charge on any atom is 0.273 e. The van der Waals surface area contributed by atoms with Gasteiger partial charge in [0, 0.05) is 5.41 Å². The Kier molecular flexibility index (Phi) is 5.91. The normalized spacial score (nSPS) is 13.1. The van der Waals surface area contributed by atoms with Crippen LogP contribution in [0.3, 0.4) is 0 Å². The number of ketones is 1. The highest BCUT2D eigenvalue weighted by Gasteiger charge is 2.27. The molecule has 30 heavy (non-hydrogen) atoms. The summed E-state index contributed by atoms with van der Waals surface area (Å²) in [6.45, 7) is 9.22. The zero-order chi connectivity index (χ0) is 22.1. The van der Waals surface area contributed by atoms with Crippen molar-refractivity contribution in [2.24, 2.45) is 5.41 Å². The Bertz CT molecular complexity index is 1350. The molecule has 0 bridgehead atoms. The molecule has 0 aliphatic rings. The van der Waals surface area contributed by atoms with E-state index in [1.54, 1.807) is 20.8 Å². The van der Waals surface area contributed by atoms with Crippen molar-refractivity contribution in [2.45, 2.75) is 34.6 Å². The molecule has 4 nitrogen and oxygen atoms in total. The molecule has 0 saturated heterocycles. The molecular weight excluding hydrogens is 392 g/mol.